The van der Waals surface area contributed by atoms with Crippen molar-refractivity contribution >= 4 is 0 Å². The van der Waals surface area contributed by atoms with Crippen LogP contribution in [0.15, 0.2) is 24.3 Å². The average Bonchev–Trinajstić information content (AvgIpc) is 2.14. The van der Waals surface area contributed by atoms with Gasteiger partial charge in [0, 0.05) is 6.42 Å². The van der Waals surface area contributed by atoms with Gasteiger partial charge >= 0.3 is 0 Å². The van der Waals surface area contributed by atoms with Crippen LogP contribution in [0.25, 0.3) is 0 Å². The molecule has 0 saturated carbocycles. The molecule has 0 heterocycles. The molecule has 0 aromatic heterocycles. The molecule has 0 aliphatic heterocycles. The first-order chi connectivity index (χ1) is 7.01. The highest BCUT2D eigenvalue weighted by Gasteiger charge is 2.21. The molecule has 15 heavy (non-hydrogen) atoms. The minimum absolute atomic E-state index is 0.222. The topological polar surface area (TPSA) is 35.2 Å². The average molecular weight is 215 g/mol. The van der Waals surface area contributed by atoms with Gasteiger partial charge in [0.15, 0.2) is 0 Å². The van der Waals surface area contributed by atoms with Gasteiger partial charge in [-0.15, -0.1) is 0 Å². The monoisotopic (exact) mass is 215 g/mol. The number of nitrogens with two attached hydrogens (primary N) is 1. The Morgan fingerprint density at radius 1 is 1.20 bits per heavy atom. The van der Waals surface area contributed by atoms with Crippen molar-refractivity contribution in [2.45, 2.75) is 25.7 Å². The smallest absolute Gasteiger partial charge is 0.249 e. The molecule has 0 amide bonds. The van der Waals surface area contributed by atoms with Crippen LogP contribution in [0.4, 0.5) is 8.78 Å². The molecule has 0 aliphatic rings. The Kier molecular flexibility index (Phi) is 4.17. The zero-order chi connectivity index (χ0) is 11.3. The minimum Gasteiger partial charge on any atom is -0.304 e. The Hall–Kier alpha value is -1.00. The van der Waals surface area contributed by atoms with Gasteiger partial charge in [-0.1, -0.05) is 24.3 Å². The summed E-state index contributed by atoms with van der Waals surface area (Å²) in [5.41, 5.74) is 1.67. The molecule has 0 spiro atoms. The molecule has 0 saturated heterocycles. The molecule has 1 rings (SSSR count). The SMILES string of the molecule is CC(F)(F)Cc1ccc(CCON)cc1. The molecular weight excluding hydrogens is 200 g/mol. The minimum atomic E-state index is -2.65. The molecule has 0 radical (unpaired) electrons. The number of hydrogen-bond acceptors (Lipinski definition) is 2. The maximum Gasteiger partial charge on any atom is 0.249 e. The van der Waals surface area contributed by atoms with Crippen molar-refractivity contribution < 1.29 is 13.6 Å². The zero-order valence-electron chi connectivity index (χ0n) is 8.67. The number of alkyl halides is 2. The largest absolute Gasteiger partial charge is 0.304 e. The fraction of sp³-hybridized carbons (Fsp3) is 0.455. The molecule has 1 aromatic rings. The van der Waals surface area contributed by atoms with Crippen molar-refractivity contribution in [2.24, 2.45) is 5.90 Å². The maximum absolute atomic E-state index is 12.7. The van der Waals surface area contributed by atoms with E-state index in [1.165, 1.54) is 0 Å². The second-order valence-electron chi connectivity index (χ2n) is 3.68. The predicted octanol–water partition coefficient (Wildman–Crippen LogP) is 2.32. The van der Waals surface area contributed by atoms with Crippen molar-refractivity contribution in [3.8, 4) is 0 Å². The Balaban J connectivity index is 2.56. The van der Waals surface area contributed by atoms with Crippen molar-refractivity contribution in [1.82, 2.24) is 0 Å². The van der Waals surface area contributed by atoms with Crippen LogP contribution in [0.2, 0.25) is 0 Å². The first-order valence-electron chi connectivity index (χ1n) is 4.78. The van der Waals surface area contributed by atoms with Gasteiger partial charge in [-0.3, -0.25) is 0 Å². The van der Waals surface area contributed by atoms with Crippen LogP contribution in [0.1, 0.15) is 18.1 Å². The van der Waals surface area contributed by atoms with Gasteiger partial charge in [0.2, 0.25) is 5.92 Å². The lowest BCUT2D eigenvalue weighted by Crippen LogP contribution is -2.13. The highest BCUT2D eigenvalue weighted by atomic mass is 19.3. The van der Waals surface area contributed by atoms with E-state index in [0.29, 0.717) is 18.6 Å². The number of rotatable bonds is 5. The van der Waals surface area contributed by atoms with E-state index in [0.717, 1.165) is 12.5 Å². The Bertz CT molecular complexity index is 292. The molecule has 84 valence electrons. The number of benzene rings is 1. The Morgan fingerprint density at radius 2 is 1.73 bits per heavy atom. The molecule has 0 aliphatic carbocycles. The predicted molar refractivity (Wildman–Crippen MR) is 54.6 cm³/mol. The second kappa shape index (κ2) is 5.19. The number of hydrogen-bond donors (Lipinski definition) is 1. The summed E-state index contributed by atoms with van der Waals surface area (Å²) in [7, 11) is 0. The third kappa shape index (κ3) is 4.85. The Morgan fingerprint density at radius 3 is 2.20 bits per heavy atom. The first kappa shape index (κ1) is 12.1. The van der Waals surface area contributed by atoms with Gasteiger partial charge in [0.05, 0.1) is 6.61 Å². The van der Waals surface area contributed by atoms with Gasteiger partial charge in [-0.05, 0) is 24.5 Å². The van der Waals surface area contributed by atoms with Crippen LogP contribution >= 0.6 is 0 Å². The standard InChI is InChI=1S/C11H15F2NO/c1-11(12,13)8-10-4-2-9(3-5-10)6-7-15-14/h2-5H,6-8,14H2,1H3. The van der Waals surface area contributed by atoms with Crippen molar-refractivity contribution in [3.63, 3.8) is 0 Å². The van der Waals surface area contributed by atoms with E-state index in [4.69, 9.17) is 5.90 Å². The van der Waals surface area contributed by atoms with Crippen molar-refractivity contribution in [3.05, 3.63) is 35.4 Å². The fourth-order valence-electron chi connectivity index (χ4n) is 1.36. The molecule has 0 atom stereocenters. The van der Waals surface area contributed by atoms with Crippen LogP contribution in [-0.4, -0.2) is 12.5 Å². The van der Waals surface area contributed by atoms with Crippen LogP contribution in [0, 0.1) is 0 Å². The van der Waals surface area contributed by atoms with E-state index in [1.54, 1.807) is 12.1 Å². The molecule has 0 bridgehead atoms. The van der Waals surface area contributed by atoms with Gasteiger partial charge < -0.3 is 4.84 Å². The summed E-state index contributed by atoms with van der Waals surface area (Å²) in [5.74, 6) is 2.24. The quantitative estimate of drug-likeness (QED) is 0.765. The van der Waals surface area contributed by atoms with Crippen LogP contribution in [0.5, 0.6) is 0 Å². The molecule has 4 heteroatoms. The molecule has 1 aromatic carbocycles. The van der Waals surface area contributed by atoms with Crippen LogP contribution in [0.3, 0.4) is 0 Å². The van der Waals surface area contributed by atoms with Crippen LogP contribution < -0.4 is 5.90 Å². The summed E-state index contributed by atoms with van der Waals surface area (Å²) in [6.45, 7) is 1.35. The highest BCUT2D eigenvalue weighted by Crippen LogP contribution is 2.19. The summed E-state index contributed by atoms with van der Waals surface area (Å²) in [6.07, 6.45) is 0.472. The summed E-state index contributed by atoms with van der Waals surface area (Å²) < 4.78 is 25.3. The lowest BCUT2D eigenvalue weighted by atomic mass is 10.0. The summed E-state index contributed by atoms with van der Waals surface area (Å²) in [5, 5.41) is 0. The summed E-state index contributed by atoms with van der Waals surface area (Å²) in [4.78, 5) is 4.44. The highest BCUT2D eigenvalue weighted by molar-refractivity contribution is 5.23. The third-order valence-corrected chi connectivity index (χ3v) is 2.05. The van der Waals surface area contributed by atoms with Gasteiger partial charge in [0.25, 0.3) is 0 Å². The first-order valence-corrected chi connectivity index (χ1v) is 4.78. The van der Waals surface area contributed by atoms with E-state index in [1.807, 2.05) is 12.1 Å². The Labute approximate surface area is 88.0 Å². The maximum atomic E-state index is 12.7. The van der Waals surface area contributed by atoms with Crippen LogP contribution in [-0.2, 0) is 17.7 Å². The zero-order valence-corrected chi connectivity index (χ0v) is 8.67. The summed E-state index contributed by atoms with van der Waals surface area (Å²) >= 11 is 0. The van der Waals surface area contributed by atoms with Gasteiger partial charge in [-0.25, -0.2) is 14.7 Å². The second-order valence-corrected chi connectivity index (χ2v) is 3.68. The van der Waals surface area contributed by atoms with E-state index < -0.39 is 5.92 Å². The van der Waals surface area contributed by atoms with E-state index >= 15 is 0 Å². The van der Waals surface area contributed by atoms with E-state index in [-0.39, 0.29) is 6.42 Å². The lowest BCUT2D eigenvalue weighted by molar-refractivity contribution is 0.0226. The lowest BCUT2D eigenvalue weighted by Gasteiger charge is -2.10. The van der Waals surface area contributed by atoms with E-state index in [2.05, 4.69) is 4.84 Å². The molecule has 0 unspecified atom stereocenters. The number of halogens is 2. The van der Waals surface area contributed by atoms with Crippen molar-refractivity contribution in [1.29, 1.82) is 0 Å². The molecular formula is C11H15F2NO. The normalized spacial score (nSPS) is 11.7. The third-order valence-electron chi connectivity index (χ3n) is 2.05. The fourth-order valence-corrected chi connectivity index (χ4v) is 1.36. The van der Waals surface area contributed by atoms with E-state index in [9.17, 15) is 8.78 Å². The van der Waals surface area contributed by atoms with Crippen molar-refractivity contribution in [2.75, 3.05) is 6.61 Å². The summed E-state index contributed by atoms with van der Waals surface area (Å²) in [6, 6.07) is 7.06. The molecule has 0 fully saturated rings. The molecule has 2 N–H and O–H groups in total. The van der Waals surface area contributed by atoms with Gasteiger partial charge in [0.1, 0.15) is 0 Å². The van der Waals surface area contributed by atoms with Gasteiger partial charge in [-0.2, -0.15) is 0 Å². The molecule has 2 nitrogen and oxygen atoms in total.